The Labute approximate surface area is 109 Å². The molecule has 0 aromatic heterocycles. The van der Waals surface area contributed by atoms with Gasteiger partial charge in [-0.1, -0.05) is 48.5 Å². The van der Waals surface area contributed by atoms with Crippen LogP contribution in [0.2, 0.25) is 0 Å². The van der Waals surface area contributed by atoms with Gasteiger partial charge < -0.3 is 4.90 Å². The Kier molecular flexibility index (Phi) is 2.92. The molecule has 1 aliphatic carbocycles. The lowest BCUT2D eigenvalue weighted by Gasteiger charge is -2.16. The Bertz CT molecular complexity index is 512. The lowest BCUT2D eigenvalue weighted by molar-refractivity contribution is 0.391. The fraction of sp³-hybridized carbons (Fsp3) is 0.294. The van der Waals surface area contributed by atoms with E-state index in [2.05, 4.69) is 67.5 Å². The van der Waals surface area contributed by atoms with Crippen LogP contribution in [0, 0.1) is 0 Å². The molecule has 3 rings (SSSR count). The molecule has 92 valence electrons. The summed E-state index contributed by atoms with van der Waals surface area (Å²) >= 11 is 0. The van der Waals surface area contributed by atoms with Gasteiger partial charge in [-0.25, -0.2) is 0 Å². The molecule has 0 amide bonds. The van der Waals surface area contributed by atoms with E-state index in [9.17, 15) is 0 Å². The van der Waals surface area contributed by atoms with Gasteiger partial charge in [-0.05, 0) is 49.3 Å². The SMILES string of the molecule is CN(C)CCC1c2ccccc2-c2ccccc21. The molecule has 0 unspecified atom stereocenters. The Balaban J connectivity index is 2.03. The van der Waals surface area contributed by atoms with Gasteiger partial charge in [0.15, 0.2) is 0 Å². The maximum atomic E-state index is 2.29. The number of rotatable bonds is 3. The monoisotopic (exact) mass is 237 g/mol. The van der Waals surface area contributed by atoms with Gasteiger partial charge in [0.1, 0.15) is 0 Å². The van der Waals surface area contributed by atoms with Crippen molar-refractivity contribution in [3.63, 3.8) is 0 Å². The molecule has 0 radical (unpaired) electrons. The second kappa shape index (κ2) is 4.58. The third-order valence-electron chi connectivity index (χ3n) is 3.83. The van der Waals surface area contributed by atoms with Gasteiger partial charge in [-0.2, -0.15) is 0 Å². The number of benzene rings is 2. The predicted molar refractivity (Wildman–Crippen MR) is 76.9 cm³/mol. The van der Waals surface area contributed by atoms with Crippen LogP contribution in [0.25, 0.3) is 11.1 Å². The highest BCUT2D eigenvalue weighted by atomic mass is 15.0. The van der Waals surface area contributed by atoms with E-state index in [1.807, 2.05) is 0 Å². The summed E-state index contributed by atoms with van der Waals surface area (Å²) in [7, 11) is 4.29. The summed E-state index contributed by atoms with van der Waals surface area (Å²) in [6.45, 7) is 1.13. The minimum absolute atomic E-state index is 0.569. The van der Waals surface area contributed by atoms with Crippen LogP contribution in [0.3, 0.4) is 0 Å². The van der Waals surface area contributed by atoms with Crippen molar-refractivity contribution in [2.75, 3.05) is 20.6 Å². The van der Waals surface area contributed by atoms with Gasteiger partial charge >= 0.3 is 0 Å². The van der Waals surface area contributed by atoms with Crippen LogP contribution in [-0.2, 0) is 0 Å². The number of hydrogen-bond donors (Lipinski definition) is 0. The van der Waals surface area contributed by atoms with E-state index < -0.39 is 0 Å². The second-order valence-electron chi connectivity index (χ2n) is 5.32. The summed E-state index contributed by atoms with van der Waals surface area (Å²) in [6, 6.07) is 17.7. The summed E-state index contributed by atoms with van der Waals surface area (Å²) in [6.07, 6.45) is 1.20. The zero-order valence-electron chi connectivity index (χ0n) is 11.1. The standard InChI is InChI=1S/C17H19N/c1-18(2)12-11-17-15-9-5-3-7-13(15)14-8-4-6-10-16(14)17/h3-10,17H,11-12H2,1-2H3. The van der Waals surface area contributed by atoms with Crippen LogP contribution < -0.4 is 0 Å². The summed E-state index contributed by atoms with van der Waals surface area (Å²) in [5.41, 5.74) is 5.86. The van der Waals surface area contributed by atoms with E-state index >= 15 is 0 Å². The van der Waals surface area contributed by atoms with E-state index in [0.29, 0.717) is 5.92 Å². The Morgan fingerprint density at radius 3 is 1.83 bits per heavy atom. The second-order valence-corrected chi connectivity index (χ2v) is 5.32. The predicted octanol–water partition coefficient (Wildman–Crippen LogP) is 3.75. The highest BCUT2D eigenvalue weighted by Crippen LogP contribution is 2.45. The van der Waals surface area contributed by atoms with Gasteiger partial charge in [0.05, 0.1) is 0 Å². The van der Waals surface area contributed by atoms with Crippen molar-refractivity contribution < 1.29 is 0 Å². The zero-order valence-corrected chi connectivity index (χ0v) is 11.1. The van der Waals surface area contributed by atoms with E-state index in [4.69, 9.17) is 0 Å². The Morgan fingerprint density at radius 2 is 1.33 bits per heavy atom. The first-order valence-corrected chi connectivity index (χ1v) is 6.60. The topological polar surface area (TPSA) is 3.24 Å². The average Bonchev–Trinajstić information content (AvgIpc) is 2.71. The van der Waals surface area contributed by atoms with Crippen molar-refractivity contribution in [2.45, 2.75) is 12.3 Å². The third-order valence-corrected chi connectivity index (χ3v) is 3.83. The van der Waals surface area contributed by atoms with E-state index in [1.54, 1.807) is 0 Å². The Morgan fingerprint density at radius 1 is 0.833 bits per heavy atom. The van der Waals surface area contributed by atoms with E-state index in [0.717, 1.165) is 6.54 Å². The normalized spacial score (nSPS) is 13.7. The smallest absolute Gasteiger partial charge is 0.0114 e. The fourth-order valence-electron chi connectivity index (χ4n) is 2.96. The summed E-state index contributed by atoms with van der Waals surface area (Å²) < 4.78 is 0. The lowest BCUT2D eigenvalue weighted by atomic mass is 9.93. The van der Waals surface area contributed by atoms with Crippen LogP contribution in [0.15, 0.2) is 48.5 Å². The van der Waals surface area contributed by atoms with Crippen LogP contribution in [0.4, 0.5) is 0 Å². The minimum Gasteiger partial charge on any atom is -0.309 e. The minimum atomic E-state index is 0.569. The molecule has 0 atom stereocenters. The van der Waals surface area contributed by atoms with Crippen molar-refractivity contribution in [3.05, 3.63) is 59.7 Å². The molecule has 0 N–H and O–H groups in total. The van der Waals surface area contributed by atoms with E-state index in [-0.39, 0.29) is 0 Å². The van der Waals surface area contributed by atoms with Crippen LogP contribution in [0.5, 0.6) is 0 Å². The molecule has 18 heavy (non-hydrogen) atoms. The van der Waals surface area contributed by atoms with Crippen molar-refractivity contribution in [1.82, 2.24) is 4.90 Å². The largest absolute Gasteiger partial charge is 0.309 e. The lowest BCUT2D eigenvalue weighted by Crippen LogP contribution is -2.15. The molecule has 0 saturated heterocycles. The first kappa shape index (κ1) is 11.5. The molecule has 1 heteroatoms. The molecule has 0 heterocycles. The van der Waals surface area contributed by atoms with Gasteiger partial charge in [-0.3, -0.25) is 0 Å². The van der Waals surface area contributed by atoms with Gasteiger partial charge in [0.25, 0.3) is 0 Å². The molecule has 0 bridgehead atoms. The molecule has 0 spiro atoms. The first-order valence-electron chi connectivity index (χ1n) is 6.60. The molecule has 0 fully saturated rings. The summed E-state index contributed by atoms with van der Waals surface area (Å²) in [4.78, 5) is 2.27. The molecular formula is C17H19N. The van der Waals surface area contributed by atoms with Gasteiger partial charge in [0.2, 0.25) is 0 Å². The van der Waals surface area contributed by atoms with Crippen molar-refractivity contribution in [3.8, 4) is 11.1 Å². The maximum Gasteiger partial charge on any atom is 0.0114 e. The highest BCUT2D eigenvalue weighted by molar-refractivity contribution is 5.78. The number of hydrogen-bond acceptors (Lipinski definition) is 1. The first-order chi connectivity index (χ1) is 8.77. The average molecular weight is 237 g/mol. The van der Waals surface area contributed by atoms with Crippen LogP contribution in [0.1, 0.15) is 23.5 Å². The van der Waals surface area contributed by atoms with E-state index in [1.165, 1.54) is 28.7 Å². The van der Waals surface area contributed by atoms with Crippen molar-refractivity contribution >= 4 is 0 Å². The highest BCUT2D eigenvalue weighted by Gasteiger charge is 2.27. The van der Waals surface area contributed by atoms with Crippen LogP contribution >= 0.6 is 0 Å². The third kappa shape index (κ3) is 1.85. The molecule has 0 aliphatic heterocycles. The van der Waals surface area contributed by atoms with Gasteiger partial charge in [0, 0.05) is 5.92 Å². The molecule has 2 aromatic rings. The zero-order chi connectivity index (χ0) is 12.5. The van der Waals surface area contributed by atoms with Gasteiger partial charge in [-0.15, -0.1) is 0 Å². The Hall–Kier alpha value is -1.60. The summed E-state index contributed by atoms with van der Waals surface area (Å²) in [5, 5.41) is 0. The number of nitrogens with zero attached hydrogens (tertiary/aromatic N) is 1. The molecular weight excluding hydrogens is 218 g/mol. The quantitative estimate of drug-likeness (QED) is 0.786. The molecule has 2 aromatic carbocycles. The molecule has 1 nitrogen and oxygen atoms in total. The van der Waals surface area contributed by atoms with Crippen molar-refractivity contribution in [1.29, 1.82) is 0 Å². The maximum absolute atomic E-state index is 2.29. The fourth-order valence-corrected chi connectivity index (χ4v) is 2.96. The number of fused-ring (bicyclic) bond motifs is 3. The molecule has 0 saturated carbocycles. The summed E-state index contributed by atoms with van der Waals surface area (Å²) in [5.74, 6) is 0.569. The van der Waals surface area contributed by atoms with Crippen molar-refractivity contribution in [2.24, 2.45) is 0 Å². The van der Waals surface area contributed by atoms with Crippen LogP contribution in [-0.4, -0.2) is 25.5 Å². The molecule has 1 aliphatic rings.